The standard InChI is InChI=1S/C11H17FN2O/c1-11(7-13,8-15-2)14-10-5-3-9(12)4-6-10/h3-6,14H,7-8,13H2,1-2H3. The minimum Gasteiger partial charge on any atom is -0.382 e. The third kappa shape index (κ3) is 3.49. The lowest BCUT2D eigenvalue weighted by Crippen LogP contribution is -2.46. The second-order valence-electron chi connectivity index (χ2n) is 3.83. The molecule has 1 aromatic carbocycles. The lowest BCUT2D eigenvalue weighted by atomic mass is 10.0. The molecule has 0 aliphatic heterocycles. The SMILES string of the molecule is COCC(C)(CN)Nc1ccc(F)cc1. The van der Waals surface area contributed by atoms with E-state index in [1.54, 1.807) is 19.2 Å². The van der Waals surface area contributed by atoms with Crippen molar-refractivity contribution in [1.29, 1.82) is 0 Å². The monoisotopic (exact) mass is 212 g/mol. The zero-order valence-electron chi connectivity index (χ0n) is 9.09. The Morgan fingerprint density at radius 1 is 1.40 bits per heavy atom. The van der Waals surface area contributed by atoms with Gasteiger partial charge in [0.1, 0.15) is 5.82 Å². The van der Waals surface area contributed by atoms with Gasteiger partial charge in [-0.2, -0.15) is 0 Å². The first kappa shape index (κ1) is 11.9. The average molecular weight is 212 g/mol. The van der Waals surface area contributed by atoms with Gasteiger partial charge in [-0.25, -0.2) is 4.39 Å². The topological polar surface area (TPSA) is 47.3 Å². The molecule has 0 amide bonds. The van der Waals surface area contributed by atoms with Crippen LogP contribution in [0.1, 0.15) is 6.92 Å². The second kappa shape index (κ2) is 5.09. The van der Waals surface area contributed by atoms with Gasteiger partial charge in [-0.1, -0.05) is 0 Å². The number of hydrogen-bond acceptors (Lipinski definition) is 3. The van der Waals surface area contributed by atoms with Crippen molar-refractivity contribution in [2.24, 2.45) is 5.73 Å². The quantitative estimate of drug-likeness (QED) is 0.779. The van der Waals surface area contributed by atoms with Crippen LogP contribution in [0.15, 0.2) is 24.3 Å². The maximum absolute atomic E-state index is 12.7. The van der Waals surface area contributed by atoms with E-state index in [2.05, 4.69) is 5.32 Å². The fourth-order valence-corrected chi connectivity index (χ4v) is 1.35. The van der Waals surface area contributed by atoms with Crippen molar-refractivity contribution in [1.82, 2.24) is 0 Å². The fraction of sp³-hybridized carbons (Fsp3) is 0.455. The van der Waals surface area contributed by atoms with E-state index < -0.39 is 0 Å². The number of benzene rings is 1. The predicted molar refractivity (Wildman–Crippen MR) is 59.4 cm³/mol. The highest BCUT2D eigenvalue weighted by atomic mass is 19.1. The van der Waals surface area contributed by atoms with E-state index in [1.165, 1.54) is 12.1 Å². The Morgan fingerprint density at radius 2 is 2.00 bits per heavy atom. The molecule has 0 spiro atoms. The summed E-state index contributed by atoms with van der Waals surface area (Å²) in [6.45, 7) is 2.90. The predicted octanol–water partition coefficient (Wildman–Crippen LogP) is 1.60. The summed E-state index contributed by atoms with van der Waals surface area (Å²) < 4.78 is 17.7. The molecule has 0 fully saturated rings. The number of anilines is 1. The van der Waals surface area contributed by atoms with Gasteiger partial charge < -0.3 is 15.8 Å². The Balaban J connectivity index is 2.70. The van der Waals surface area contributed by atoms with Crippen LogP contribution in [0.2, 0.25) is 0 Å². The van der Waals surface area contributed by atoms with Crippen LogP contribution in [0.3, 0.4) is 0 Å². The Labute approximate surface area is 89.4 Å². The minimum absolute atomic E-state index is 0.248. The summed E-state index contributed by atoms with van der Waals surface area (Å²) in [7, 11) is 1.63. The molecule has 0 saturated heterocycles. The summed E-state index contributed by atoms with van der Waals surface area (Å²) in [5.74, 6) is -0.248. The summed E-state index contributed by atoms with van der Waals surface area (Å²) in [6, 6.07) is 6.18. The Bertz CT molecular complexity index is 302. The van der Waals surface area contributed by atoms with Crippen LogP contribution in [-0.2, 0) is 4.74 Å². The van der Waals surface area contributed by atoms with Crippen molar-refractivity contribution in [2.45, 2.75) is 12.5 Å². The van der Waals surface area contributed by atoms with Gasteiger partial charge in [-0.05, 0) is 31.2 Å². The smallest absolute Gasteiger partial charge is 0.123 e. The van der Waals surface area contributed by atoms with Crippen LogP contribution < -0.4 is 11.1 Å². The molecule has 0 aromatic heterocycles. The molecule has 0 bridgehead atoms. The number of methoxy groups -OCH3 is 1. The lowest BCUT2D eigenvalue weighted by molar-refractivity contribution is 0.153. The number of ether oxygens (including phenoxy) is 1. The van der Waals surface area contributed by atoms with Crippen molar-refractivity contribution in [2.75, 3.05) is 25.6 Å². The summed E-state index contributed by atoms with van der Waals surface area (Å²) in [6.07, 6.45) is 0. The highest BCUT2D eigenvalue weighted by molar-refractivity contribution is 5.45. The molecule has 0 aliphatic rings. The minimum atomic E-state index is -0.327. The first-order valence-corrected chi connectivity index (χ1v) is 4.82. The largest absolute Gasteiger partial charge is 0.382 e. The number of nitrogens with one attached hydrogen (secondary N) is 1. The van der Waals surface area contributed by atoms with Crippen molar-refractivity contribution in [3.63, 3.8) is 0 Å². The van der Waals surface area contributed by atoms with Gasteiger partial charge in [0.15, 0.2) is 0 Å². The molecule has 4 heteroatoms. The van der Waals surface area contributed by atoms with Gasteiger partial charge >= 0.3 is 0 Å². The number of hydrogen-bond donors (Lipinski definition) is 2. The zero-order valence-corrected chi connectivity index (χ0v) is 9.09. The van der Waals surface area contributed by atoms with Gasteiger partial charge in [0.2, 0.25) is 0 Å². The molecule has 3 N–H and O–H groups in total. The molecule has 15 heavy (non-hydrogen) atoms. The van der Waals surface area contributed by atoms with E-state index in [-0.39, 0.29) is 11.4 Å². The molecule has 0 radical (unpaired) electrons. The Kier molecular flexibility index (Phi) is 4.05. The molecular formula is C11H17FN2O. The van der Waals surface area contributed by atoms with Gasteiger partial charge in [-0.15, -0.1) is 0 Å². The summed E-state index contributed by atoms with van der Waals surface area (Å²) in [4.78, 5) is 0. The highest BCUT2D eigenvalue weighted by Gasteiger charge is 2.21. The molecule has 1 aromatic rings. The maximum Gasteiger partial charge on any atom is 0.123 e. The van der Waals surface area contributed by atoms with E-state index in [4.69, 9.17) is 10.5 Å². The van der Waals surface area contributed by atoms with E-state index >= 15 is 0 Å². The van der Waals surface area contributed by atoms with Gasteiger partial charge in [0.25, 0.3) is 0 Å². The maximum atomic E-state index is 12.7. The molecule has 0 aliphatic carbocycles. The summed E-state index contributed by atoms with van der Waals surface area (Å²) in [5, 5.41) is 3.22. The number of halogens is 1. The van der Waals surface area contributed by atoms with Crippen molar-refractivity contribution >= 4 is 5.69 Å². The first-order chi connectivity index (χ1) is 7.09. The third-order valence-corrected chi connectivity index (χ3v) is 2.20. The molecule has 1 unspecified atom stereocenters. The van der Waals surface area contributed by atoms with Gasteiger partial charge in [0.05, 0.1) is 12.1 Å². The molecule has 1 atom stereocenters. The van der Waals surface area contributed by atoms with Gasteiger partial charge in [0, 0.05) is 19.3 Å². The lowest BCUT2D eigenvalue weighted by Gasteiger charge is -2.29. The summed E-state index contributed by atoms with van der Waals surface area (Å²) in [5.41, 5.74) is 6.16. The number of rotatable bonds is 5. The molecular weight excluding hydrogens is 195 g/mol. The van der Waals surface area contributed by atoms with Gasteiger partial charge in [-0.3, -0.25) is 0 Å². The van der Waals surface area contributed by atoms with E-state index in [0.29, 0.717) is 13.2 Å². The summed E-state index contributed by atoms with van der Waals surface area (Å²) >= 11 is 0. The Morgan fingerprint density at radius 3 is 2.47 bits per heavy atom. The van der Waals surface area contributed by atoms with Crippen LogP contribution in [0.5, 0.6) is 0 Å². The average Bonchev–Trinajstić information content (AvgIpc) is 2.22. The molecule has 3 nitrogen and oxygen atoms in total. The van der Waals surface area contributed by atoms with Crippen LogP contribution in [-0.4, -0.2) is 25.8 Å². The van der Waals surface area contributed by atoms with Crippen molar-refractivity contribution < 1.29 is 9.13 Å². The van der Waals surface area contributed by atoms with Crippen molar-refractivity contribution in [3.8, 4) is 0 Å². The first-order valence-electron chi connectivity index (χ1n) is 4.82. The van der Waals surface area contributed by atoms with Crippen LogP contribution in [0.4, 0.5) is 10.1 Å². The van der Waals surface area contributed by atoms with Crippen LogP contribution >= 0.6 is 0 Å². The molecule has 1 rings (SSSR count). The second-order valence-corrected chi connectivity index (χ2v) is 3.83. The highest BCUT2D eigenvalue weighted by Crippen LogP contribution is 2.15. The van der Waals surface area contributed by atoms with E-state index in [0.717, 1.165) is 5.69 Å². The zero-order chi connectivity index (χ0) is 11.3. The van der Waals surface area contributed by atoms with E-state index in [1.807, 2.05) is 6.92 Å². The molecule has 0 heterocycles. The third-order valence-electron chi connectivity index (χ3n) is 2.20. The molecule has 0 saturated carbocycles. The number of nitrogens with two attached hydrogens (primary N) is 1. The van der Waals surface area contributed by atoms with Crippen LogP contribution in [0, 0.1) is 5.82 Å². The fourth-order valence-electron chi connectivity index (χ4n) is 1.35. The van der Waals surface area contributed by atoms with Crippen molar-refractivity contribution in [3.05, 3.63) is 30.1 Å². The normalized spacial score (nSPS) is 14.7. The Hall–Kier alpha value is -1.13. The molecule has 84 valence electrons. The van der Waals surface area contributed by atoms with E-state index in [9.17, 15) is 4.39 Å². The van der Waals surface area contributed by atoms with Crippen LogP contribution in [0.25, 0.3) is 0 Å².